The van der Waals surface area contributed by atoms with Crippen LogP contribution in [0.25, 0.3) is 0 Å². The number of likely N-dealkylation sites (N-methyl/N-ethyl adjacent to an activating group) is 1. The number of benzene rings is 1. The molecule has 0 unspecified atom stereocenters. The molecule has 2 rings (SSSR count). The summed E-state index contributed by atoms with van der Waals surface area (Å²) in [5, 5.41) is 10.0. The Morgan fingerprint density at radius 1 is 1.14 bits per heavy atom. The van der Waals surface area contributed by atoms with Crippen LogP contribution in [0, 0.1) is 0 Å². The zero-order chi connectivity index (χ0) is 15.8. The Morgan fingerprint density at radius 2 is 1.82 bits per heavy atom. The van der Waals surface area contributed by atoms with Crippen molar-refractivity contribution < 1.29 is 24.4 Å². The number of ether oxygens (including phenoxy) is 2. The molecule has 6 heteroatoms. The molecule has 1 fully saturated rings. The average molecular weight is 375 g/mol. The summed E-state index contributed by atoms with van der Waals surface area (Å²) in [5.74, 6) is 0.830. The zero-order valence-electron chi connectivity index (χ0n) is 13.2. The van der Waals surface area contributed by atoms with Crippen LogP contribution >= 0.6 is 15.9 Å². The van der Waals surface area contributed by atoms with Crippen LogP contribution in [-0.4, -0.2) is 70.8 Å². The van der Waals surface area contributed by atoms with Crippen LogP contribution in [-0.2, 0) is 4.74 Å². The molecule has 124 valence electrons. The third-order valence-corrected chi connectivity index (χ3v) is 4.48. The summed E-state index contributed by atoms with van der Waals surface area (Å²) in [4.78, 5) is 3.06. The van der Waals surface area contributed by atoms with Crippen molar-refractivity contribution in [3.8, 4) is 5.75 Å². The number of aliphatic hydroxyl groups is 1. The van der Waals surface area contributed by atoms with E-state index in [2.05, 4.69) is 23.0 Å². The number of hydrogen-bond acceptors (Lipinski definition) is 3. The largest absolute Gasteiger partial charge is 0.491 e. The van der Waals surface area contributed by atoms with Crippen LogP contribution in [0.3, 0.4) is 0 Å². The highest BCUT2D eigenvalue weighted by Gasteiger charge is 2.22. The Bertz CT molecular complexity index is 422. The molecule has 0 aliphatic carbocycles. The number of nitrogens with one attached hydrogen (secondary N) is 2. The van der Waals surface area contributed by atoms with E-state index in [1.807, 2.05) is 24.3 Å². The Hall–Kier alpha value is -0.660. The molecule has 1 aliphatic heterocycles. The summed E-state index contributed by atoms with van der Waals surface area (Å²) < 4.78 is 12.1. The minimum atomic E-state index is -0.388. The molecule has 5 nitrogen and oxygen atoms in total. The second kappa shape index (κ2) is 9.47. The first-order valence-corrected chi connectivity index (χ1v) is 8.72. The average Bonchev–Trinajstić information content (AvgIpc) is 2.51. The molecule has 1 atom stereocenters. The minimum absolute atomic E-state index is 0.385. The molecule has 0 amide bonds. The number of piperazine rings is 1. The van der Waals surface area contributed by atoms with Gasteiger partial charge in [0, 0.05) is 4.47 Å². The quantitative estimate of drug-likeness (QED) is 0.491. The van der Waals surface area contributed by atoms with Crippen molar-refractivity contribution in [1.82, 2.24) is 0 Å². The van der Waals surface area contributed by atoms with E-state index in [1.54, 1.807) is 4.90 Å². The Balaban J connectivity index is 1.51. The van der Waals surface area contributed by atoms with E-state index in [0.717, 1.165) is 29.9 Å². The molecule has 0 spiro atoms. The van der Waals surface area contributed by atoms with Crippen LogP contribution in [0.5, 0.6) is 5.75 Å². The number of halogens is 1. The van der Waals surface area contributed by atoms with Crippen LogP contribution in [0.4, 0.5) is 0 Å². The highest BCUT2D eigenvalue weighted by Crippen LogP contribution is 2.15. The molecule has 1 heterocycles. The van der Waals surface area contributed by atoms with Gasteiger partial charge in [0.05, 0.1) is 20.3 Å². The van der Waals surface area contributed by atoms with Crippen LogP contribution in [0.15, 0.2) is 28.7 Å². The van der Waals surface area contributed by atoms with Crippen molar-refractivity contribution >= 4 is 15.9 Å². The van der Waals surface area contributed by atoms with E-state index in [4.69, 9.17) is 9.47 Å². The van der Waals surface area contributed by atoms with Gasteiger partial charge in [-0.15, -0.1) is 0 Å². The second-order valence-corrected chi connectivity index (χ2v) is 6.86. The van der Waals surface area contributed by atoms with Gasteiger partial charge in [0.2, 0.25) is 0 Å². The predicted molar refractivity (Wildman–Crippen MR) is 88.6 cm³/mol. The molecule has 1 aromatic carbocycles. The third-order valence-electron chi connectivity index (χ3n) is 3.96. The Kier molecular flexibility index (Phi) is 7.62. The predicted octanol–water partition coefficient (Wildman–Crippen LogP) is -1.38. The fraction of sp³-hybridized carbons (Fsp3) is 0.625. The van der Waals surface area contributed by atoms with Crippen molar-refractivity contribution in [2.45, 2.75) is 6.10 Å². The maximum Gasteiger partial charge on any atom is 0.127 e. The summed E-state index contributed by atoms with van der Waals surface area (Å²) >= 11 is 3.39. The lowest BCUT2D eigenvalue weighted by Gasteiger charge is -2.28. The Labute approximate surface area is 140 Å². The van der Waals surface area contributed by atoms with E-state index in [0.29, 0.717) is 19.8 Å². The molecule has 0 saturated carbocycles. The third kappa shape index (κ3) is 6.62. The first-order valence-electron chi connectivity index (χ1n) is 7.92. The van der Waals surface area contributed by atoms with Crippen molar-refractivity contribution in [3.63, 3.8) is 0 Å². The van der Waals surface area contributed by atoms with E-state index in [1.165, 1.54) is 18.0 Å². The van der Waals surface area contributed by atoms with Gasteiger partial charge < -0.3 is 24.4 Å². The minimum Gasteiger partial charge on any atom is -0.491 e. The monoisotopic (exact) mass is 374 g/mol. The smallest absolute Gasteiger partial charge is 0.127 e. The number of rotatable bonds is 8. The summed E-state index contributed by atoms with van der Waals surface area (Å²) in [6, 6.07) is 7.72. The maximum absolute atomic E-state index is 10.0. The van der Waals surface area contributed by atoms with Crippen LogP contribution in [0.1, 0.15) is 0 Å². The van der Waals surface area contributed by atoms with Crippen molar-refractivity contribution in [2.75, 3.05) is 59.6 Å². The van der Waals surface area contributed by atoms with Gasteiger partial charge in [-0.1, -0.05) is 15.9 Å². The van der Waals surface area contributed by atoms with E-state index < -0.39 is 0 Å². The molecular formula is C16H27BrN2O3+2. The lowest BCUT2D eigenvalue weighted by atomic mass is 10.3. The molecule has 1 saturated heterocycles. The normalized spacial score (nSPS) is 23.2. The first kappa shape index (κ1) is 17.7. The highest BCUT2D eigenvalue weighted by molar-refractivity contribution is 9.10. The Morgan fingerprint density at radius 3 is 2.50 bits per heavy atom. The first-order chi connectivity index (χ1) is 10.6. The van der Waals surface area contributed by atoms with Crippen molar-refractivity contribution in [1.29, 1.82) is 0 Å². The second-order valence-electron chi connectivity index (χ2n) is 5.94. The van der Waals surface area contributed by atoms with Crippen molar-refractivity contribution in [2.24, 2.45) is 0 Å². The SMILES string of the molecule is C[NH+]1CC[NH+](C[C@H](O)COCCOc2ccc(Br)cc2)CC1. The lowest BCUT2D eigenvalue weighted by molar-refractivity contribution is -1.00. The molecule has 0 aromatic heterocycles. The summed E-state index contributed by atoms with van der Waals surface area (Å²) in [7, 11) is 2.22. The maximum atomic E-state index is 10.0. The van der Waals surface area contributed by atoms with Crippen LogP contribution in [0.2, 0.25) is 0 Å². The van der Waals surface area contributed by atoms with E-state index in [9.17, 15) is 5.11 Å². The molecule has 0 bridgehead atoms. The number of aliphatic hydroxyl groups excluding tert-OH is 1. The molecule has 3 N–H and O–H groups in total. The fourth-order valence-corrected chi connectivity index (χ4v) is 2.86. The van der Waals surface area contributed by atoms with E-state index in [-0.39, 0.29) is 6.10 Å². The highest BCUT2D eigenvalue weighted by atomic mass is 79.9. The van der Waals surface area contributed by atoms with Gasteiger partial charge in [0.1, 0.15) is 51.2 Å². The van der Waals surface area contributed by atoms with E-state index >= 15 is 0 Å². The fourth-order valence-electron chi connectivity index (χ4n) is 2.60. The summed E-state index contributed by atoms with van der Waals surface area (Å²) in [6.45, 7) is 6.80. The molecule has 0 radical (unpaired) electrons. The molecular weight excluding hydrogens is 348 g/mol. The summed E-state index contributed by atoms with van der Waals surface area (Å²) in [5.41, 5.74) is 0. The number of quaternary nitrogens is 2. The molecule has 22 heavy (non-hydrogen) atoms. The van der Waals surface area contributed by atoms with Gasteiger partial charge in [0.25, 0.3) is 0 Å². The van der Waals surface area contributed by atoms with Gasteiger partial charge >= 0.3 is 0 Å². The van der Waals surface area contributed by atoms with Gasteiger partial charge in [-0.2, -0.15) is 0 Å². The summed E-state index contributed by atoms with van der Waals surface area (Å²) in [6.07, 6.45) is -0.388. The number of hydrogen-bond donors (Lipinski definition) is 3. The lowest BCUT2D eigenvalue weighted by Crippen LogP contribution is -3.27. The van der Waals surface area contributed by atoms with Gasteiger partial charge in [-0.05, 0) is 24.3 Å². The van der Waals surface area contributed by atoms with Gasteiger partial charge in [-0.3, -0.25) is 0 Å². The molecule has 1 aromatic rings. The topological polar surface area (TPSA) is 47.6 Å². The standard InChI is InChI=1S/C16H25BrN2O3/c1-18-6-8-19(9-7-18)12-15(20)13-21-10-11-22-16-4-2-14(17)3-5-16/h2-5,15,20H,6-13H2,1H3/p+2/t15-/m0/s1. The van der Waals surface area contributed by atoms with Crippen molar-refractivity contribution in [3.05, 3.63) is 28.7 Å². The van der Waals surface area contributed by atoms with Crippen LogP contribution < -0.4 is 14.5 Å². The van der Waals surface area contributed by atoms with Gasteiger partial charge in [0.15, 0.2) is 0 Å². The molecule has 1 aliphatic rings. The zero-order valence-corrected chi connectivity index (χ0v) is 14.8. The van der Waals surface area contributed by atoms with Gasteiger partial charge in [-0.25, -0.2) is 0 Å².